The van der Waals surface area contributed by atoms with Crippen LogP contribution in [0.2, 0.25) is 0 Å². The summed E-state index contributed by atoms with van der Waals surface area (Å²) in [5.41, 5.74) is -0.958. The van der Waals surface area contributed by atoms with E-state index in [2.05, 4.69) is 0 Å². The fraction of sp³-hybridized carbons (Fsp3) is 0.588. The monoisotopic (exact) mass is 377 g/mol. The molecule has 1 saturated carbocycles. The van der Waals surface area contributed by atoms with E-state index in [1.807, 2.05) is 0 Å². The summed E-state index contributed by atoms with van der Waals surface area (Å²) in [4.78, 5) is 12.1. The van der Waals surface area contributed by atoms with Gasteiger partial charge in [-0.1, -0.05) is 30.1 Å². The third kappa shape index (κ3) is 5.81. The number of hydrogen-bond donors (Lipinski definition) is 0. The van der Waals surface area contributed by atoms with Gasteiger partial charge in [-0.2, -0.15) is 13.2 Å². The Morgan fingerprint density at radius 1 is 1.36 bits per heavy atom. The first-order valence-corrected chi connectivity index (χ1v) is 9.36. The van der Waals surface area contributed by atoms with Crippen LogP contribution < -0.4 is 0 Å². The second-order valence-corrected chi connectivity index (χ2v) is 7.28. The van der Waals surface area contributed by atoms with Gasteiger partial charge in [-0.15, -0.1) is 0 Å². The second-order valence-electron chi connectivity index (χ2n) is 6.39. The Morgan fingerprint density at radius 2 is 2.00 bits per heavy atom. The summed E-state index contributed by atoms with van der Waals surface area (Å²) in [6.45, 7) is 1.62. The number of ether oxygens (including phenoxy) is 1. The van der Waals surface area contributed by atoms with E-state index < -0.39 is 40.5 Å². The SMILES string of the molecule is CC(Cc1ccc(CS(=O)[O-])c(C(F)(F)F)c1)C(=O)OC1CCCC1. The first kappa shape index (κ1) is 19.9. The number of carbonyl (C=O) groups is 1. The molecule has 1 fully saturated rings. The molecule has 0 spiro atoms. The number of halogens is 3. The number of alkyl halides is 3. The molecule has 0 aromatic heterocycles. The fourth-order valence-corrected chi connectivity index (χ4v) is 3.50. The van der Waals surface area contributed by atoms with Crippen LogP contribution in [0.4, 0.5) is 13.2 Å². The Balaban J connectivity index is 2.10. The Kier molecular flexibility index (Phi) is 6.62. The lowest BCUT2D eigenvalue weighted by Crippen LogP contribution is -2.22. The fourth-order valence-electron chi connectivity index (χ4n) is 2.99. The zero-order valence-corrected chi connectivity index (χ0v) is 14.6. The molecule has 2 atom stereocenters. The number of benzene rings is 1. The van der Waals surface area contributed by atoms with Crippen molar-refractivity contribution in [3.8, 4) is 0 Å². The molecule has 0 bridgehead atoms. The molecule has 25 heavy (non-hydrogen) atoms. The highest BCUT2D eigenvalue weighted by molar-refractivity contribution is 7.78. The molecule has 0 amide bonds. The lowest BCUT2D eigenvalue weighted by Gasteiger charge is -2.18. The molecule has 0 N–H and O–H groups in total. The molecule has 0 radical (unpaired) electrons. The average molecular weight is 377 g/mol. The maximum Gasteiger partial charge on any atom is 0.416 e. The van der Waals surface area contributed by atoms with E-state index in [1.165, 1.54) is 6.07 Å². The highest BCUT2D eigenvalue weighted by Crippen LogP contribution is 2.34. The average Bonchev–Trinajstić information content (AvgIpc) is 3.00. The van der Waals surface area contributed by atoms with Crippen LogP contribution in [0.1, 0.15) is 49.3 Å². The van der Waals surface area contributed by atoms with Crippen molar-refractivity contribution in [1.82, 2.24) is 0 Å². The predicted molar refractivity (Wildman–Crippen MR) is 85.3 cm³/mol. The molecule has 2 rings (SSSR count). The molecular weight excluding hydrogens is 357 g/mol. The van der Waals surface area contributed by atoms with Crippen LogP contribution in [0.5, 0.6) is 0 Å². The van der Waals surface area contributed by atoms with E-state index in [0.29, 0.717) is 5.56 Å². The molecular formula is C17H20F3O4S-. The molecule has 4 nitrogen and oxygen atoms in total. The van der Waals surface area contributed by atoms with Crippen molar-refractivity contribution in [2.75, 3.05) is 0 Å². The number of rotatable bonds is 6. The van der Waals surface area contributed by atoms with E-state index in [-0.39, 0.29) is 18.1 Å². The Bertz CT molecular complexity index is 639. The Morgan fingerprint density at radius 3 is 2.56 bits per heavy atom. The molecule has 8 heteroatoms. The predicted octanol–water partition coefficient (Wildman–Crippen LogP) is 3.75. The summed E-state index contributed by atoms with van der Waals surface area (Å²) in [6.07, 6.45) is -0.938. The maximum atomic E-state index is 13.2. The smallest absolute Gasteiger partial charge is 0.416 e. The first-order valence-electron chi connectivity index (χ1n) is 8.12. The molecule has 2 unspecified atom stereocenters. The van der Waals surface area contributed by atoms with Crippen LogP contribution in [-0.4, -0.2) is 20.8 Å². The Hall–Kier alpha value is -1.41. The molecule has 0 aliphatic heterocycles. The van der Waals surface area contributed by atoms with Gasteiger partial charge in [0.1, 0.15) is 6.10 Å². The zero-order valence-electron chi connectivity index (χ0n) is 13.8. The molecule has 0 heterocycles. The topological polar surface area (TPSA) is 66.4 Å². The summed E-state index contributed by atoms with van der Waals surface area (Å²) in [6, 6.07) is 3.50. The zero-order chi connectivity index (χ0) is 18.6. The van der Waals surface area contributed by atoms with Gasteiger partial charge in [0.05, 0.1) is 11.5 Å². The number of carbonyl (C=O) groups excluding carboxylic acids is 1. The molecule has 0 saturated heterocycles. The third-order valence-electron chi connectivity index (χ3n) is 4.28. The molecule has 1 aliphatic rings. The summed E-state index contributed by atoms with van der Waals surface area (Å²) < 4.78 is 66.3. The standard InChI is InChI=1S/C17H21F3O4S/c1-11(16(21)24-14-4-2-3-5-14)8-12-6-7-13(10-25(22)23)15(9-12)17(18,19)20/h6-7,9,11,14H,2-5,8,10H2,1H3,(H,22,23)/p-1. The summed E-state index contributed by atoms with van der Waals surface area (Å²) >= 11 is -2.61. The van der Waals surface area contributed by atoms with Crippen molar-refractivity contribution in [3.63, 3.8) is 0 Å². The summed E-state index contributed by atoms with van der Waals surface area (Å²) in [5, 5.41) is 0. The quantitative estimate of drug-likeness (QED) is 0.559. The lowest BCUT2D eigenvalue weighted by molar-refractivity contribution is -0.153. The van der Waals surface area contributed by atoms with Gasteiger partial charge in [0.15, 0.2) is 0 Å². The van der Waals surface area contributed by atoms with Crippen LogP contribution in [0.25, 0.3) is 0 Å². The van der Waals surface area contributed by atoms with Gasteiger partial charge < -0.3 is 9.29 Å². The van der Waals surface area contributed by atoms with Crippen LogP contribution in [0.3, 0.4) is 0 Å². The van der Waals surface area contributed by atoms with Crippen molar-refractivity contribution in [3.05, 3.63) is 34.9 Å². The van der Waals surface area contributed by atoms with Crippen molar-refractivity contribution in [1.29, 1.82) is 0 Å². The Labute approximate surface area is 147 Å². The summed E-state index contributed by atoms with van der Waals surface area (Å²) in [7, 11) is 0. The number of hydrogen-bond acceptors (Lipinski definition) is 4. The van der Waals surface area contributed by atoms with E-state index in [9.17, 15) is 26.7 Å². The van der Waals surface area contributed by atoms with E-state index >= 15 is 0 Å². The second kappa shape index (κ2) is 8.31. The van der Waals surface area contributed by atoms with Gasteiger partial charge >= 0.3 is 12.1 Å². The minimum atomic E-state index is -4.65. The van der Waals surface area contributed by atoms with E-state index in [1.54, 1.807) is 6.92 Å². The normalized spacial score (nSPS) is 18.1. The maximum absolute atomic E-state index is 13.2. The van der Waals surface area contributed by atoms with Crippen LogP contribution in [0.15, 0.2) is 18.2 Å². The van der Waals surface area contributed by atoms with Gasteiger partial charge in [0.25, 0.3) is 0 Å². The first-order chi connectivity index (χ1) is 11.7. The van der Waals surface area contributed by atoms with Crippen molar-refractivity contribution >= 4 is 17.0 Å². The van der Waals surface area contributed by atoms with Crippen molar-refractivity contribution in [2.45, 2.75) is 57.1 Å². The lowest BCUT2D eigenvalue weighted by atomic mass is 9.97. The van der Waals surface area contributed by atoms with Crippen LogP contribution in [-0.2, 0) is 39.0 Å². The van der Waals surface area contributed by atoms with Gasteiger partial charge in [0.2, 0.25) is 0 Å². The molecule has 140 valence electrons. The van der Waals surface area contributed by atoms with Crippen molar-refractivity contribution in [2.24, 2.45) is 5.92 Å². The third-order valence-corrected chi connectivity index (χ3v) is 4.83. The van der Waals surface area contributed by atoms with Gasteiger partial charge in [-0.25, -0.2) is 0 Å². The minimum absolute atomic E-state index is 0.0879. The van der Waals surface area contributed by atoms with E-state index in [4.69, 9.17) is 4.74 Å². The molecule has 1 aromatic carbocycles. The van der Waals surface area contributed by atoms with E-state index in [0.717, 1.165) is 37.8 Å². The molecule has 1 aliphatic carbocycles. The largest absolute Gasteiger partial charge is 0.772 e. The number of esters is 1. The van der Waals surface area contributed by atoms with Gasteiger partial charge in [-0.05, 0) is 49.3 Å². The van der Waals surface area contributed by atoms with Gasteiger partial charge in [-0.3, -0.25) is 9.00 Å². The molecule has 1 aromatic rings. The van der Waals surface area contributed by atoms with Crippen LogP contribution in [0, 0.1) is 5.92 Å². The summed E-state index contributed by atoms with van der Waals surface area (Å²) in [5.74, 6) is -1.68. The highest BCUT2D eigenvalue weighted by Gasteiger charge is 2.34. The van der Waals surface area contributed by atoms with Crippen LogP contribution >= 0.6 is 0 Å². The minimum Gasteiger partial charge on any atom is -0.772 e. The highest BCUT2D eigenvalue weighted by atomic mass is 32.2. The van der Waals surface area contributed by atoms with Gasteiger partial charge in [0, 0.05) is 5.75 Å². The van der Waals surface area contributed by atoms with Crippen molar-refractivity contribution < 1.29 is 31.5 Å².